The molecule has 0 fully saturated rings. The highest BCUT2D eigenvalue weighted by atomic mass is 16.5. The molecule has 0 unspecified atom stereocenters. The number of nitrogens with one attached hydrogen (secondary N) is 2. The number of aromatic amines is 1. The van der Waals surface area contributed by atoms with Crippen LogP contribution in [-0.4, -0.2) is 21.8 Å². The van der Waals surface area contributed by atoms with Crippen molar-refractivity contribution in [3.8, 4) is 5.75 Å². The van der Waals surface area contributed by atoms with Crippen LogP contribution in [0.15, 0.2) is 16.9 Å². The summed E-state index contributed by atoms with van der Waals surface area (Å²) in [4.78, 5) is 41.7. The second-order valence-electron chi connectivity index (χ2n) is 5.23. The number of carbonyl (C=O) groups is 2. The van der Waals surface area contributed by atoms with Crippen LogP contribution in [0.1, 0.15) is 39.2 Å². The number of esters is 1. The summed E-state index contributed by atoms with van der Waals surface area (Å²) in [7, 11) is 0. The standard InChI is InChI=1S/C16H19N3O4/c1-4-5-6-12-14(23-10(3)21)11-7-8-13(17-9(2)20)18-15(11)19-16(12)22/h7-8H,4-6H2,1-3H3,(H2,17,18,19,20,22). The summed E-state index contributed by atoms with van der Waals surface area (Å²) < 4.78 is 5.27. The molecule has 0 radical (unpaired) electrons. The van der Waals surface area contributed by atoms with Gasteiger partial charge >= 0.3 is 5.97 Å². The lowest BCUT2D eigenvalue weighted by Crippen LogP contribution is -2.18. The van der Waals surface area contributed by atoms with Gasteiger partial charge in [0.15, 0.2) is 0 Å². The minimum absolute atomic E-state index is 0.242. The number of aromatic nitrogens is 2. The number of H-pyrrole nitrogens is 1. The summed E-state index contributed by atoms with van der Waals surface area (Å²) >= 11 is 0. The fourth-order valence-electron chi connectivity index (χ4n) is 2.28. The summed E-state index contributed by atoms with van der Waals surface area (Å²) in [5, 5.41) is 3.07. The Bertz CT molecular complexity index is 811. The Hall–Kier alpha value is -2.70. The molecule has 2 aromatic rings. The van der Waals surface area contributed by atoms with Crippen molar-refractivity contribution in [1.29, 1.82) is 0 Å². The number of nitrogens with zero attached hydrogens (tertiary/aromatic N) is 1. The number of unbranched alkanes of at least 4 members (excludes halogenated alkanes) is 1. The average Bonchev–Trinajstić information content (AvgIpc) is 2.45. The van der Waals surface area contributed by atoms with Gasteiger partial charge in [-0.1, -0.05) is 13.3 Å². The highest BCUT2D eigenvalue weighted by Gasteiger charge is 2.16. The van der Waals surface area contributed by atoms with Gasteiger partial charge in [0.05, 0.1) is 10.9 Å². The number of hydrogen-bond acceptors (Lipinski definition) is 5. The Morgan fingerprint density at radius 1 is 1.30 bits per heavy atom. The smallest absolute Gasteiger partial charge is 0.308 e. The van der Waals surface area contributed by atoms with Gasteiger partial charge in [0, 0.05) is 13.8 Å². The zero-order chi connectivity index (χ0) is 17.0. The molecule has 2 rings (SSSR count). The zero-order valence-electron chi connectivity index (χ0n) is 13.4. The van der Waals surface area contributed by atoms with Crippen molar-refractivity contribution in [2.24, 2.45) is 0 Å². The third kappa shape index (κ3) is 3.94. The first-order valence-electron chi connectivity index (χ1n) is 7.44. The third-order valence-corrected chi connectivity index (χ3v) is 3.25. The van der Waals surface area contributed by atoms with Crippen molar-refractivity contribution < 1.29 is 14.3 Å². The van der Waals surface area contributed by atoms with Gasteiger partial charge in [-0.25, -0.2) is 4.98 Å². The lowest BCUT2D eigenvalue weighted by atomic mass is 10.1. The molecule has 7 nitrogen and oxygen atoms in total. The van der Waals surface area contributed by atoms with Gasteiger partial charge in [0.1, 0.15) is 17.2 Å². The molecule has 2 N–H and O–H groups in total. The Kier molecular flexibility index (Phi) is 5.10. The Labute approximate surface area is 133 Å². The van der Waals surface area contributed by atoms with Gasteiger partial charge in [0.25, 0.3) is 5.56 Å². The molecule has 0 saturated heterocycles. The Morgan fingerprint density at radius 3 is 2.65 bits per heavy atom. The highest BCUT2D eigenvalue weighted by molar-refractivity contribution is 5.91. The van der Waals surface area contributed by atoms with E-state index in [0.29, 0.717) is 23.2 Å². The number of carbonyl (C=O) groups excluding carboxylic acids is 2. The molecule has 1 amide bonds. The molecule has 0 saturated carbocycles. The summed E-state index contributed by atoms with van der Waals surface area (Å²) in [6.45, 7) is 4.67. The second kappa shape index (κ2) is 7.04. The van der Waals surface area contributed by atoms with Crippen LogP contribution in [-0.2, 0) is 16.0 Å². The van der Waals surface area contributed by atoms with Crippen LogP contribution in [0.2, 0.25) is 0 Å². The molecule has 0 aliphatic rings. The van der Waals surface area contributed by atoms with E-state index < -0.39 is 5.97 Å². The Morgan fingerprint density at radius 2 is 2.04 bits per heavy atom. The molecule has 2 aromatic heterocycles. The number of pyridine rings is 2. The average molecular weight is 317 g/mol. The SMILES string of the molecule is CCCCc1c(OC(C)=O)c2ccc(NC(C)=O)nc2[nH]c1=O. The topological polar surface area (TPSA) is 101 Å². The number of ether oxygens (including phenoxy) is 1. The van der Waals surface area contributed by atoms with Gasteiger partial charge < -0.3 is 15.0 Å². The predicted octanol–water partition coefficient (Wildman–Crippen LogP) is 2.15. The number of amides is 1. The minimum Gasteiger partial charge on any atom is -0.425 e. The maximum Gasteiger partial charge on any atom is 0.308 e. The molecule has 23 heavy (non-hydrogen) atoms. The van der Waals surface area contributed by atoms with Crippen LogP contribution in [0.25, 0.3) is 11.0 Å². The van der Waals surface area contributed by atoms with E-state index in [2.05, 4.69) is 15.3 Å². The summed E-state index contributed by atoms with van der Waals surface area (Å²) in [6, 6.07) is 3.26. The van der Waals surface area contributed by atoms with E-state index in [4.69, 9.17) is 4.74 Å². The van der Waals surface area contributed by atoms with Crippen molar-refractivity contribution in [3.05, 3.63) is 28.0 Å². The zero-order valence-corrected chi connectivity index (χ0v) is 13.4. The molecule has 0 aliphatic carbocycles. The fourth-order valence-corrected chi connectivity index (χ4v) is 2.28. The minimum atomic E-state index is -0.499. The van der Waals surface area contributed by atoms with E-state index in [9.17, 15) is 14.4 Å². The molecular weight excluding hydrogens is 298 g/mol. The van der Waals surface area contributed by atoms with Crippen molar-refractivity contribution in [1.82, 2.24) is 9.97 Å². The van der Waals surface area contributed by atoms with Crippen LogP contribution in [0.4, 0.5) is 5.82 Å². The van der Waals surface area contributed by atoms with Crippen LogP contribution in [0, 0.1) is 0 Å². The molecule has 122 valence electrons. The van der Waals surface area contributed by atoms with Crippen LogP contribution < -0.4 is 15.6 Å². The normalized spacial score (nSPS) is 10.6. The van der Waals surface area contributed by atoms with Crippen molar-refractivity contribution in [2.45, 2.75) is 40.0 Å². The first kappa shape index (κ1) is 16.7. The predicted molar refractivity (Wildman–Crippen MR) is 86.6 cm³/mol. The molecule has 0 aromatic carbocycles. The molecule has 0 spiro atoms. The van der Waals surface area contributed by atoms with E-state index in [1.54, 1.807) is 12.1 Å². The lowest BCUT2D eigenvalue weighted by molar-refractivity contribution is -0.131. The summed E-state index contributed by atoms with van der Waals surface area (Å²) in [5.41, 5.74) is 0.357. The van der Waals surface area contributed by atoms with Gasteiger partial charge in [-0.2, -0.15) is 0 Å². The molecule has 0 aliphatic heterocycles. The molecule has 2 heterocycles. The maximum absolute atomic E-state index is 12.3. The van der Waals surface area contributed by atoms with E-state index in [1.165, 1.54) is 13.8 Å². The van der Waals surface area contributed by atoms with E-state index in [-0.39, 0.29) is 22.9 Å². The van der Waals surface area contributed by atoms with E-state index in [1.807, 2.05) is 6.92 Å². The van der Waals surface area contributed by atoms with Crippen LogP contribution in [0.3, 0.4) is 0 Å². The van der Waals surface area contributed by atoms with Crippen molar-refractivity contribution >= 4 is 28.7 Å². The molecule has 0 bridgehead atoms. The monoisotopic (exact) mass is 317 g/mol. The number of hydrogen-bond donors (Lipinski definition) is 2. The number of rotatable bonds is 5. The largest absolute Gasteiger partial charge is 0.425 e. The summed E-state index contributed by atoms with van der Waals surface area (Å²) in [6.07, 6.45) is 2.23. The van der Waals surface area contributed by atoms with Gasteiger partial charge in [-0.3, -0.25) is 14.4 Å². The quantitative estimate of drug-likeness (QED) is 0.823. The van der Waals surface area contributed by atoms with Crippen LogP contribution in [0.5, 0.6) is 5.75 Å². The highest BCUT2D eigenvalue weighted by Crippen LogP contribution is 2.27. The number of anilines is 1. The van der Waals surface area contributed by atoms with Crippen LogP contribution >= 0.6 is 0 Å². The van der Waals surface area contributed by atoms with Gasteiger partial charge in [-0.15, -0.1) is 0 Å². The fraction of sp³-hybridized carbons (Fsp3) is 0.375. The molecule has 7 heteroatoms. The first-order valence-corrected chi connectivity index (χ1v) is 7.44. The molecular formula is C16H19N3O4. The number of fused-ring (bicyclic) bond motifs is 1. The summed E-state index contributed by atoms with van der Waals surface area (Å²) in [5.74, 6) is -0.207. The Balaban J connectivity index is 2.62. The van der Waals surface area contributed by atoms with Crippen molar-refractivity contribution in [2.75, 3.05) is 5.32 Å². The van der Waals surface area contributed by atoms with E-state index in [0.717, 1.165) is 12.8 Å². The maximum atomic E-state index is 12.3. The third-order valence-electron chi connectivity index (χ3n) is 3.25. The lowest BCUT2D eigenvalue weighted by Gasteiger charge is -2.12. The second-order valence-corrected chi connectivity index (χ2v) is 5.23. The molecule has 0 atom stereocenters. The van der Waals surface area contributed by atoms with E-state index >= 15 is 0 Å². The first-order chi connectivity index (χ1) is 10.9. The van der Waals surface area contributed by atoms with Gasteiger partial charge in [0.2, 0.25) is 5.91 Å². The van der Waals surface area contributed by atoms with Crippen molar-refractivity contribution in [3.63, 3.8) is 0 Å². The van der Waals surface area contributed by atoms with Gasteiger partial charge in [-0.05, 0) is 25.0 Å².